The Bertz CT molecular complexity index is 979. The maximum Gasteiger partial charge on any atom is 0.303 e. The number of carbonyl (C=O) groups excluding carboxylic acids is 2. The standard InChI is InChI=1S/C22H20ClNO5/c1-13-4-6-14(7-5-13)19-18(20(27)15-8-10-16(23)11-9-15)21(28)22(29)24(19)12-2-3-17(25)26/h4-11,19,27H,2-3,12H2,1H3,(H,25,26)/t19-/m1/s1. The predicted molar refractivity (Wildman–Crippen MR) is 109 cm³/mol. The van der Waals surface area contributed by atoms with Crippen LogP contribution in [0, 0.1) is 6.92 Å². The number of ketones is 1. The van der Waals surface area contributed by atoms with Gasteiger partial charge in [0.2, 0.25) is 0 Å². The molecule has 3 rings (SSSR count). The number of carboxylic acids is 1. The van der Waals surface area contributed by atoms with Gasteiger partial charge in [-0.05, 0) is 43.2 Å². The fourth-order valence-corrected chi connectivity index (χ4v) is 3.50. The minimum atomic E-state index is -0.977. The third kappa shape index (κ3) is 4.32. The second kappa shape index (κ2) is 8.49. The topological polar surface area (TPSA) is 94.9 Å². The molecule has 1 saturated heterocycles. The van der Waals surface area contributed by atoms with Crippen molar-refractivity contribution in [3.8, 4) is 0 Å². The van der Waals surface area contributed by atoms with Crippen LogP contribution < -0.4 is 0 Å². The van der Waals surface area contributed by atoms with Crippen LogP contribution >= 0.6 is 11.6 Å². The van der Waals surface area contributed by atoms with Crippen LogP contribution in [-0.4, -0.2) is 39.3 Å². The van der Waals surface area contributed by atoms with E-state index in [0.717, 1.165) is 5.56 Å². The summed E-state index contributed by atoms with van der Waals surface area (Å²) in [6, 6.07) is 12.8. The first-order valence-corrected chi connectivity index (χ1v) is 9.50. The third-order valence-electron chi connectivity index (χ3n) is 4.84. The Balaban J connectivity index is 2.08. The quantitative estimate of drug-likeness (QED) is 0.425. The Morgan fingerprint density at radius 1 is 1.03 bits per heavy atom. The van der Waals surface area contributed by atoms with E-state index in [1.165, 1.54) is 4.90 Å². The lowest BCUT2D eigenvalue weighted by Gasteiger charge is -2.25. The number of hydrogen-bond acceptors (Lipinski definition) is 4. The van der Waals surface area contributed by atoms with E-state index in [-0.39, 0.29) is 30.7 Å². The van der Waals surface area contributed by atoms with Gasteiger partial charge in [0, 0.05) is 23.6 Å². The highest BCUT2D eigenvalue weighted by Crippen LogP contribution is 2.39. The van der Waals surface area contributed by atoms with Crippen molar-refractivity contribution in [3.05, 3.63) is 75.8 Å². The van der Waals surface area contributed by atoms with Gasteiger partial charge in [0.25, 0.3) is 11.7 Å². The molecule has 6 nitrogen and oxygen atoms in total. The lowest BCUT2D eigenvalue weighted by Crippen LogP contribution is -2.31. The molecule has 1 heterocycles. The highest BCUT2D eigenvalue weighted by atomic mass is 35.5. The van der Waals surface area contributed by atoms with E-state index in [4.69, 9.17) is 16.7 Å². The van der Waals surface area contributed by atoms with Crippen LogP contribution in [0.25, 0.3) is 5.76 Å². The smallest absolute Gasteiger partial charge is 0.303 e. The van der Waals surface area contributed by atoms with Gasteiger partial charge in [0.1, 0.15) is 5.76 Å². The van der Waals surface area contributed by atoms with Gasteiger partial charge >= 0.3 is 5.97 Å². The van der Waals surface area contributed by atoms with Crippen molar-refractivity contribution < 1.29 is 24.6 Å². The van der Waals surface area contributed by atoms with Crippen molar-refractivity contribution in [1.82, 2.24) is 4.90 Å². The normalized spacial score (nSPS) is 18.3. The van der Waals surface area contributed by atoms with Crippen molar-refractivity contribution >= 4 is 35.0 Å². The Morgan fingerprint density at radius 3 is 2.24 bits per heavy atom. The van der Waals surface area contributed by atoms with Crippen molar-refractivity contribution in [1.29, 1.82) is 0 Å². The van der Waals surface area contributed by atoms with Crippen molar-refractivity contribution in [2.45, 2.75) is 25.8 Å². The summed E-state index contributed by atoms with van der Waals surface area (Å²) in [5.74, 6) is -2.81. The molecular formula is C22H20ClNO5. The van der Waals surface area contributed by atoms with Crippen LogP contribution in [0.15, 0.2) is 54.1 Å². The zero-order valence-corrected chi connectivity index (χ0v) is 16.5. The summed E-state index contributed by atoms with van der Waals surface area (Å²) in [4.78, 5) is 37.7. The van der Waals surface area contributed by atoms with Gasteiger partial charge in [0.15, 0.2) is 0 Å². The Kier molecular flexibility index (Phi) is 6.03. The first kappa shape index (κ1) is 20.6. The van der Waals surface area contributed by atoms with Gasteiger partial charge in [-0.15, -0.1) is 0 Å². The molecule has 150 valence electrons. The summed E-state index contributed by atoms with van der Waals surface area (Å²) in [5.41, 5.74) is 2.03. The molecule has 0 aliphatic carbocycles. The number of carboxylic acid groups (broad SMARTS) is 1. The molecule has 1 fully saturated rings. The average Bonchev–Trinajstić information content (AvgIpc) is 2.93. The van der Waals surface area contributed by atoms with E-state index < -0.39 is 23.7 Å². The number of aliphatic hydroxyl groups excluding tert-OH is 1. The van der Waals surface area contributed by atoms with E-state index in [9.17, 15) is 19.5 Å². The molecule has 1 aliphatic rings. The number of benzene rings is 2. The van der Waals surface area contributed by atoms with E-state index in [2.05, 4.69) is 0 Å². The largest absolute Gasteiger partial charge is 0.507 e. The number of hydrogen-bond donors (Lipinski definition) is 2. The minimum Gasteiger partial charge on any atom is -0.507 e. The molecule has 0 aromatic heterocycles. The third-order valence-corrected chi connectivity index (χ3v) is 5.09. The molecule has 2 aromatic rings. The maximum atomic E-state index is 12.8. The number of nitrogens with zero attached hydrogens (tertiary/aromatic N) is 1. The summed E-state index contributed by atoms with van der Waals surface area (Å²) in [7, 11) is 0. The van der Waals surface area contributed by atoms with Crippen LogP contribution in [-0.2, 0) is 14.4 Å². The molecule has 0 spiro atoms. The number of rotatable bonds is 6. The molecule has 29 heavy (non-hydrogen) atoms. The first-order chi connectivity index (χ1) is 13.8. The monoisotopic (exact) mass is 413 g/mol. The zero-order valence-electron chi connectivity index (χ0n) is 15.8. The molecule has 7 heteroatoms. The predicted octanol–water partition coefficient (Wildman–Crippen LogP) is 3.93. The number of carbonyl (C=O) groups is 3. The minimum absolute atomic E-state index is 0.0171. The Morgan fingerprint density at radius 2 is 1.66 bits per heavy atom. The van der Waals surface area contributed by atoms with Crippen LogP contribution in [0.4, 0.5) is 0 Å². The Labute approximate surface area is 173 Å². The summed E-state index contributed by atoms with van der Waals surface area (Å²) in [5, 5.41) is 20.2. The van der Waals surface area contributed by atoms with Crippen molar-refractivity contribution in [2.24, 2.45) is 0 Å². The number of amides is 1. The van der Waals surface area contributed by atoms with Crippen molar-refractivity contribution in [2.75, 3.05) is 6.54 Å². The Hall–Kier alpha value is -3.12. The van der Waals surface area contributed by atoms with E-state index in [1.54, 1.807) is 36.4 Å². The van der Waals surface area contributed by atoms with Gasteiger partial charge in [-0.2, -0.15) is 0 Å². The van der Waals surface area contributed by atoms with Crippen LogP contribution in [0.3, 0.4) is 0 Å². The van der Waals surface area contributed by atoms with Gasteiger partial charge in [-0.1, -0.05) is 41.4 Å². The van der Waals surface area contributed by atoms with Crippen LogP contribution in [0.2, 0.25) is 5.02 Å². The molecule has 1 amide bonds. The highest BCUT2D eigenvalue weighted by molar-refractivity contribution is 6.46. The molecule has 2 N–H and O–H groups in total. The second-order valence-corrected chi connectivity index (χ2v) is 7.34. The lowest BCUT2D eigenvalue weighted by atomic mass is 9.94. The fraction of sp³-hybridized carbons (Fsp3) is 0.227. The number of aliphatic hydroxyl groups is 1. The SMILES string of the molecule is Cc1ccc([C@@H]2C(=C(O)c3ccc(Cl)cc3)C(=O)C(=O)N2CCCC(=O)O)cc1. The zero-order chi connectivity index (χ0) is 21.1. The molecule has 0 bridgehead atoms. The summed E-state index contributed by atoms with van der Waals surface area (Å²) >= 11 is 5.90. The highest BCUT2D eigenvalue weighted by Gasteiger charge is 2.45. The average molecular weight is 414 g/mol. The number of halogens is 1. The van der Waals surface area contributed by atoms with Gasteiger partial charge < -0.3 is 15.1 Å². The molecule has 2 aromatic carbocycles. The van der Waals surface area contributed by atoms with Crippen LogP contribution in [0.1, 0.15) is 35.6 Å². The molecule has 0 saturated carbocycles. The van der Waals surface area contributed by atoms with Crippen molar-refractivity contribution in [3.63, 3.8) is 0 Å². The number of Topliss-reactive ketones (excluding diaryl/α,β-unsaturated/α-hetero) is 1. The summed E-state index contributed by atoms with van der Waals surface area (Å²) in [6.07, 6.45) is 0.0759. The van der Waals surface area contributed by atoms with Gasteiger partial charge in [-0.25, -0.2) is 0 Å². The van der Waals surface area contributed by atoms with E-state index in [0.29, 0.717) is 16.1 Å². The number of likely N-dealkylation sites (tertiary alicyclic amines) is 1. The molecule has 1 aliphatic heterocycles. The van der Waals surface area contributed by atoms with Gasteiger partial charge in [0.05, 0.1) is 11.6 Å². The molecule has 0 radical (unpaired) electrons. The van der Waals surface area contributed by atoms with Crippen LogP contribution in [0.5, 0.6) is 0 Å². The van der Waals surface area contributed by atoms with E-state index >= 15 is 0 Å². The van der Waals surface area contributed by atoms with Gasteiger partial charge in [-0.3, -0.25) is 14.4 Å². The number of aliphatic carboxylic acids is 1. The second-order valence-electron chi connectivity index (χ2n) is 6.91. The molecule has 0 unspecified atom stereocenters. The number of aryl methyl sites for hydroxylation is 1. The summed E-state index contributed by atoms with van der Waals surface area (Å²) < 4.78 is 0. The maximum absolute atomic E-state index is 12.8. The first-order valence-electron chi connectivity index (χ1n) is 9.12. The molecule has 1 atom stereocenters. The van der Waals surface area contributed by atoms with E-state index in [1.807, 2.05) is 19.1 Å². The lowest BCUT2D eigenvalue weighted by molar-refractivity contribution is -0.140. The fourth-order valence-electron chi connectivity index (χ4n) is 3.37. The summed E-state index contributed by atoms with van der Waals surface area (Å²) in [6.45, 7) is 2.01. The molecular weight excluding hydrogens is 394 g/mol.